The highest BCUT2D eigenvalue weighted by Gasteiger charge is 2.13. The summed E-state index contributed by atoms with van der Waals surface area (Å²) in [6.07, 6.45) is 1.72. The summed E-state index contributed by atoms with van der Waals surface area (Å²) in [6, 6.07) is 7.49. The molecule has 0 fully saturated rings. The predicted molar refractivity (Wildman–Crippen MR) is 90.0 cm³/mol. The molecule has 0 atom stereocenters. The number of hydrogen-bond acceptors (Lipinski definition) is 5. The van der Waals surface area contributed by atoms with Crippen molar-refractivity contribution in [1.82, 2.24) is 20.2 Å². The number of H-pyrrole nitrogens is 1. The summed E-state index contributed by atoms with van der Waals surface area (Å²) in [5, 5.41) is 11.8. The third kappa shape index (κ3) is 2.82. The summed E-state index contributed by atoms with van der Waals surface area (Å²) in [4.78, 5) is 11.3. The molecule has 0 bridgehead atoms. The molecule has 0 aliphatic carbocycles. The van der Waals surface area contributed by atoms with E-state index in [2.05, 4.69) is 44.2 Å². The number of fused-ring (bicyclic) bond motifs is 1. The van der Waals surface area contributed by atoms with E-state index in [1.165, 1.54) is 0 Å². The Labute approximate surface area is 133 Å². The second kappa shape index (κ2) is 6.19. The van der Waals surface area contributed by atoms with Gasteiger partial charge in [-0.2, -0.15) is 15.1 Å². The first-order chi connectivity index (χ1) is 10.7. The number of aromatic amines is 1. The van der Waals surface area contributed by atoms with Crippen molar-refractivity contribution in [2.75, 3.05) is 23.3 Å². The molecule has 0 aliphatic rings. The first kappa shape index (κ1) is 14.6. The van der Waals surface area contributed by atoms with Crippen molar-refractivity contribution in [2.24, 2.45) is 0 Å². The number of halogens is 1. The Morgan fingerprint density at radius 1 is 1.14 bits per heavy atom. The predicted octanol–water partition coefficient (Wildman–Crippen LogP) is 3.60. The highest BCUT2D eigenvalue weighted by atomic mass is 35.5. The van der Waals surface area contributed by atoms with Crippen molar-refractivity contribution in [1.29, 1.82) is 0 Å². The second-order valence-corrected chi connectivity index (χ2v) is 5.25. The van der Waals surface area contributed by atoms with Crippen LogP contribution in [0.4, 0.5) is 17.5 Å². The lowest BCUT2D eigenvalue weighted by molar-refractivity contribution is 0.826. The highest BCUT2D eigenvalue weighted by molar-refractivity contribution is 6.30. The molecule has 114 valence electrons. The van der Waals surface area contributed by atoms with E-state index in [1.54, 1.807) is 6.20 Å². The SMILES string of the molecule is CCN(CC)c1nc(Nc2ccc(Cl)cc2)c2cn[nH]c2n1. The average molecular weight is 317 g/mol. The molecule has 1 aromatic carbocycles. The Morgan fingerprint density at radius 3 is 2.55 bits per heavy atom. The van der Waals surface area contributed by atoms with E-state index in [0.29, 0.717) is 16.6 Å². The van der Waals surface area contributed by atoms with Crippen molar-refractivity contribution in [3.63, 3.8) is 0 Å². The van der Waals surface area contributed by atoms with E-state index in [4.69, 9.17) is 11.6 Å². The van der Waals surface area contributed by atoms with Gasteiger partial charge in [0.15, 0.2) is 5.65 Å². The van der Waals surface area contributed by atoms with Gasteiger partial charge in [0.25, 0.3) is 0 Å². The van der Waals surface area contributed by atoms with Crippen LogP contribution in [0.25, 0.3) is 11.0 Å². The van der Waals surface area contributed by atoms with Crippen molar-refractivity contribution in [3.8, 4) is 0 Å². The molecule has 3 aromatic rings. The van der Waals surface area contributed by atoms with Gasteiger partial charge in [0.05, 0.1) is 11.6 Å². The van der Waals surface area contributed by atoms with Gasteiger partial charge in [-0.1, -0.05) is 11.6 Å². The quantitative estimate of drug-likeness (QED) is 0.752. The minimum atomic E-state index is 0.679. The fraction of sp³-hybridized carbons (Fsp3) is 0.267. The number of benzene rings is 1. The van der Waals surface area contributed by atoms with Crippen LogP contribution in [0.1, 0.15) is 13.8 Å². The smallest absolute Gasteiger partial charge is 0.229 e. The molecule has 0 radical (unpaired) electrons. The van der Waals surface area contributed by atoms with Gasteiger partial charge in [0, 0.05) is 23.8 Å². The van der Waals surface area contributed by atoms with E-state index in [9.17, 15) is 0 Å². The van der Waals surface area contributed by atoms with Gasteiger partial charge < -0.3 is 10.2 Å². The number of hydrogen-bond donors (Lipinski definition) is 2. The Kier molecular flexibility index (Phi) is 4.11. The van der Waals surface area contributed by atoms with Crippen LogP contribution < -0.4 is 10.2 Å². The number of aromatic nitrogens is 4. The molecule has 2 heterocycles. The molecular formula is C15H17ClN6. The number of nitrogens with one attached hydrogen (secondary N) is 2. The molecule has 7 heteroatoms. The summed E-state index contributed by atoms with van der Waals surface area (Å²) in [7, 11) is 0. The average Bonchev–Trinajstić information content (AvgIpc) is 3.00. The summed E-state index contributed by atoms with van der Waals surface area (Å²) < 4.78 is 0. The first-order valence-electron chi connectivity index (χ1n) is 7.20. The van der Waals surface area contributed by atoms with Crippen molar-refractivity contribution < 1.29 is 0 Å². The van der Waals surface area contributed by atoms with Crippen LogP contribution in [0.15, 0.2) is 30.5 Å². The topological polar surface area (TPSA) is 69.7 Å². The minimum absolute atomic E-state index is 0.679. The van der Waals surface area contributed by atoms with Crippen LogP contribution in [0, 0.1) is 0 Å². The molecule has 0 spiro atoms. The molecule has 0 aliphatic heterocycles. The zero-order valence-corrected chi connectivity index (χ0v) is 13.2. The summed E-state index contributed by atoms with van der Waals surface area (Å²) >= 11 is 5.92. The van der Waals surface area contributed by atoms with Gasteiger partial charge in [-0.25, -0.2) is 0 Å². The molecule has 2 N–H and O–H groups in total. The van der Waals surface area contributed by atoms with Crippen molar-refractivity contribution in [2.45, 2.75) is 13.8 Å². The molecule has 0 saturated carbocycles. The fourth-order valence-electron chi connectivity index (χ4n) is 2.24. The maximum Gasteiger partial charge on any atom is 0.229 e. The zero-order valence-electron chi connectivity index (χ0n) is 12.5. The normalized spacial score (nSPS) is 10.9. The van der Waals surface area contributed by atoms with E-state index in [1.807, 2.05) is 24.3 Å². The highest BCUT2D eigenvalue weighted by Crippen LogP contribution is 2.25. The first-order valence-corrected chi connectivity index (χ1v) is 7.57. The standard InChI is InChI=1S/C15H17ClN6/c1-3-22(4-2)15-19-13(12-9-17-21-14(12)20-15)18-11-7-5-10(16)6-8-11/h5-9H,3-4H2,1-2H3,(H2,17,18,19,20,21). The van der Waals surface area contributed by atoms with Gasteiger partial charge >= 0.3 is 0 Å². The monoisotopic (exact) mass is 316 g/mol. The molecule has 3 rings (SSSR count). The lowest BCUT2D eigenvalue weighted by Gasteiger charge is -2.19. The summed E-state index contributed by atoms with van der Waals surface area (Å²) in [6.45, 7) is 5.85. The largest absolute Gasteiger partial charge is 0.341 e. The van der Waals surface area contributed by atoms with E-state index in [0.717, 1.165) is 30.0 Å². The van der Waals surface area contributed by atoms with Crippen LogP contribution in [-0.2, 0) is 0 Å². The van der Waals surface area contributed by atoms with Crippen LogP contribution in [0.5, 0.6) is 0 Å². The van der Waals surface area contributed by atoms with E-state index >= 15 is 0 Å². The van der Waals surface area contributed by atoms with Gasteiger partial charge in [-0.15, -0.1) is 0 Å². The van der Waals surface area contributed by atoms with Crippen molar-refractivity contribution in [3.05, 3.63) is 35.5 Å². The Balaban J connectivity index is 2.03. The van der Waals surface area contributed by atoms with Gasteiger partial charge in [0.1, 0.15) is 5.82 Å². The van der Waals surface area contributed by atoms with Crippen molar-refractivity contribution >= 4 is 40.1 Å². The van der Waals surface area contributed by atoms with E-state index < -0.39 is 0 Å². The minimum Gasteiger partial charge on any atom is -0.341 e. The second-order valence-electron chi connectivity index (χ2n) is 4.81. The van der Waals surface area contributed by atoms with Crippen LogP contribution in [-0.4, -0.2) is 33.3 Å². The van der Waals surface area contributed by atoms with Gasteiger partial charge in [0.2, 0.25) is 5.95 Å². The number of anilines is 3. The van der Waals surface area contributed by atoms with Crippen LogP contribution in [0.2, 0.25) is 5.02 Å². The summed E-state index contributed by atoms with van der Waals surface area (Å²) in [5.41, 5.74) is 1.63. The maximum absolute atomic E-state index is 5.92. The van der Waals surface area contributed by atoms with Gasteiger partial charge in [-0.05, 0) is 38.1 Å². The molecule has 2 aromatic heterocycles. The Morgan fingerprint density at radius 2 is 1.86 bits per heavy atom. The van der Waals surface area contributed by atoms with Crippen LogP contribution >= 0.6 is 11.6 Å². The third-order valence-corrected chi connectivity index (χ3v) is 3.70. The zero-order chi connectivity index (χ0) is 15.5. The molecular weight excluding hydrogens is 300 g/mol. The number of nitrogens with zero attached hydrogens (tertiary/aromatic N) is 4. The Bertz CT molecular complexity index is 763. The Hall–Kier alpha value is -2.34. The third-order valence-electron chi connectivity index (χ3n) is 3.45. The summed E-state index contributed by atoms with van der Waals surface area (Å²) in [5.74, 6) is 1.40. The molecule has 0 amide bonds. The number of rotatable bonds is 5. The lowest BCUT2D eigenvalue weighted by Crippen LogP contribution is -2.24. The van der Waals surface area contributed by atoms with E-state index in [-0.39, 0.29) is 0 Å². The molecule has 0 unspecified atom stereocenters. The van der Waals surface area contributed by atoms with Crippen LogP contribution in [0.3, 0.4) is 0 Å². The lowest BCUT2D eigenvalue weighted by atomic mass is 10.3. The maximum atomic E-state index is 5.92. The fourth-order valence-corrected chi connectivity index (χ4v) is 2.36. The molecule has 0 saturated heterocycles. The molecule has 22 heavy (non-hydrogen) atoms. The van der Waals surface area contributed by atoms with Gasteiger partial charge in [-0.3, -0.25) is 5.10 Å². The molecule has 6 nitrogen and oxygen atoms in total.